The van der Waals surface area contributed by atoms with Crippen LogP contribution in [0.3, 0.4) is 0 Å². The first kappa shape index (κ1) is 17.6. The summed E-state index contributed by atoms with van der Waals surface area (Å²) >= 11 is 1.74. The third-order valence-corrected chi connectivity index (χ3v) is 7.53. The maximum absolute atomic E-state index is 12.7. The van der Waals surface area contributed by atoms with Crippen LogP contribution in [0.5, 0.6) is 0 Å². The summed E-state index contributed by atoms with van der Waals surface area (Å²) in [5.41, 5.74) is 2.89. The lowest BCUT2D eigenvalue weighted by atomic mass is 9.62. The van der Waals surface area contributed by atoms with Crippen molar-refractivity contribution in [3.8, 4) is 0 Å². The number of hydrogen-bond acceptors (Lipinski definition) is 4. The van der Waals surface area contributed by atoms with Crippen molar-refractivity contribution in [3.63, 3.8) is 0 Å². The molecule has 0 bridgehead atoms. The molecular formula is C22H24O3S. The first-order valence-corrected chi connectivity index (χ1v) is 10.2. The molecule has 2 aliphatic carbocycles. The predicted octanol–water partition coefficient (Wildman–Crippen LogP) is 4.50. The lowest BCUT2D eigenvalue weighted by Crippen LogP contribution is -2.40. The fourth-order valence-corrected chi connectivity index (χ4v) is 5.87. The topological polar surface area (TPSA) is 43.4 Å². The van der Waals surface area contributed by atoms with Crippen molar-refractivity contribution >= 4 is 23.5 Å². The Labute approximate surface area is 158 Å². The van der Waals surface area contributed by atoms with Gasteiger partial charge in [0.05, 0.1) is 5.92 Å². The largest absolute Gasteiger partial charge is 0.457 e. The Morgan fingerprint density at radius 2 is 2.00 bits per heavy atom. The number of esters is 1. The molecule has 1 saturated carbocycles. The van der Waals surface area contributed by atoms with Gasteiger partial charge in [-0.05, 0) is 50.0 Å². The van der Waals surface area contributed by atoms with E-state index in [1.807, 2.05) is 25.1 Å². The molecule has 4 atom stereocenters. The Morgan fingerprint density at radius 1 is 1.23 bits per heavy atom. The van der Waals surface area contributed by atoms with E-state index in [-0.39, 0.29) is 35.1 Å². The molecule has 2 fully saturated rings. The number of fused-ring (bicyclic) bond motifs is 3. The number of ether oxygens (including phenoxy) is 1. The number of allylic oxidation sites excluding steroid dienone is 3. The van der Waals surface area contributed by atoms with Crippen molar-refractivity contribution < 1.29 is 14.3 Å². The summed E-state index contributed by atoms with van der Waals surface area (Å²) < 4.78 is 5.85. The van der Waals surface area contributed by atoms with Crippen LogP contribution in [-0.2, 0) is 14.3 Å². The normalized spacial score (nSPS) is 33.1. The molecule has 0 N–H and O–H groups in total. The zero-order chi connectivity index (χ0) is 18.5. The monoisotopic (exact) mass is 368 g/mol. The van der Waals surface area contributed by atoms with E-state index in [9.17, 15) is 9.59 Å². The highest BCUT2D eigenvalue weighted by Gasteiger charge is 2.54. The van der Waals surface area contributed by atoms with Crippen LogP contribution in [0, 0.1) is 24.2 Å². The first-order chi connectivity index (χ1) is 12.4. The maximum atomic E-state index is 12.7. The highest BCUT2D eigenvalue weighted by atomic mass is 32.2. The van der Waals surface area contributed by atoms with Gasteiger partial charge >= 0.3 is 5.97 Å². The smallest absolute Gasteiger partial charge is 0.310 e. The molecule has 4 rings (SSSR count). The van der Waals surface area contributed by atoms with E-state index in [1.54, 1.807) is 17.8 Å². The highest BCUT2D eigenvalue weighted by molar-refractivity contribution is 7.99. The van der Waals surface area contributed by atoms with Gasteiger partial charge in [-0.25, -0.2) is 0 Å². The van der Waals surface area contributed by atoms with Crippen molar-refractivity contribution in [1.82, 2.24) is 0 Å². The second-order valence-electron chi connectivity index (χ2n) is 7.90. The van der Waals surface area contributed by atoms with Gasteiger partial charge in [-0.1, -0.05) is 31.2 Å². The second kappa shape index (κ2) is 6.41. The summed E-state index contributed by atoms with van der Waals surface area (Å²) in [6.07, 6.45) is 5.38. The van der Waals surface area contributed by atoms with E-state index < -0.39 is 0 Å². The molecule has 3 nitrogen and oxygen atoms in total. The minimum Gasteiger partial charge on any atom is -0.457 e. The highest BCUT2D eigenvalue weighted by Crippen LogP contribution is 2.53. The number of hydrogen-bond donors (Lipinski definition) is 0. The third-order valence-electron chi connectivity index (χ3n) is 6.24. The Hall–Kier alpha value is -1.81. The fourth-order valence-electron chi connectivity index (χ4n) is 4.66. The minimum absolute atomic E-state index is 0.0481. The number of carbonyl (C=O) groups is 2. The van der Waals surface area contributed by atoms with Gasteiger partial charge in [0.1, 0.15) is 6.10 Å². The van der Waals surface area contributed by atoms with Crippen LogP contribution < -0.4 is 0 Å². The van der Waals surface area contributed by atoms with E-state index in [0.717, 1.165) is 29.7 Å². The molecule has 1 heterocycles. The molecular weight excluding hydrogens is 344 g/mol. The molecule has 26 heavy (non-hydrogen) atoms. The average Bonchev–Trinajstić information content (AvgIpc) is 2.93. The van der Waals surface area contributed by atoms with Gasteiger partial charge in [-0.2, -0.15) is 0 Å². The van der Waals surface area contributed by atoms with Crippen molar-refractivity contribution in [2.75, 3.05) is 5.75 Å². The Balaban J connectivity index is 1.58. The van der Waals surface area contributed by atoms with Crippen LogP contribution in [0.15, 0.2) is 52.5 Å². The number of rotatable bonds is 3. The molecule has 4 heteroatoms. The molecule has 3 aliphatic rings. The molecule has 0 radical (unpaired) electrons. The minimum atomic E-state index is -0.238. The lowest BCUT2D eigenvalue weighted by molar-refractivity contribution is -0.143. The molecule has 136 valence electrons. The zero-order valence-electron chi connectivity index (χ0n) is 15.5. The van der Waals surface area contributed by atoms with Crippen LogP contribution in [0.1, 0.15) is 32.3 Å². The van der Waals surface area contributed by atoms with E-state index in [2.05, 4.69) is 26.0 Å². The first-order valence-electron chi connectivity index (χ1n) is 9.24. The average molecular weight is 368 g/mol. The van der Waals surface area contributed by atoms with Gasteiger partial charge in [-0.15, -0.1) is 11.8 Å². The predicted molar refractivity (Wildman–Crippen MR) is 103 cm³/mol. The van der Waals surface area contributed by atoms with Crippen molar-refractivity contribution in [3.05, 3.63) is 53.1 Å². The van der Waals surface area contributed by atoms with Crippen molar-refractivity contribution in [1.29, 1.82) is 0 Å². The molecule has 0 aromatic heterocycles. The molecule has 1 aromatic rings. The summed E-state index contributed by atoms with van der Waals surface area (Å²) in [6.45, 7) is 6.14. The molecule has 0 spiro atoms. The number of carbonyl (C=O) groups excluding carboxylic acids is 2. The molecule has 1 saturated heterocycles. The van der Waals surface area contributed by atoms with Crippen LogP contribution in [0.4, 0.5) is 0 Å². The summed E-state index contributed by atoms with van der Waals surface area (Å²) in [7, 11) is 0. The van der Waals surface area contributed by atoms with Crippen LogP contribution in [0.25, 0.3) is 0 Å². The van der Waals surface area contributed by atoms with Gasteiger partial charge in [0.25, 0.3) is 0 Å². The maximum Gasteiger partial charge on any atom is 0.310 e. The Kier molecular flexibility index (Phi) is 4.34. The molecule has 0 amide bonds. The van der Waals surface area contributed by atoms with Crippen LogP contribution in [-0.4, -0.2) is 23.6 Å². The van der Waals surface area contributed by atoms with Crippen molar-refractivity contribution in [2.24, 2.45) is 17.3 Å². The third kappa shape index (κ3) is 2.75. The molecule has 1 aliphatic heterocycles. The summed E-state index contributed by atoms with van der Waals surface area (Å²) in [6, 6.07) is 8.26. The number of benzene rings is 1. The fraction of sp³-hybridized carbons (Fsp3) is 0.455. The van der Waals surface area contributed by atoms with Crippen LogP contribution in [0.2, 0.25) is 0 Å². The Morgan fingerprint density at radius 3 is 2.77 bits per heavy atom. The van der Waals surface area contributed by atoms with E-state index in [4.69, 9.17) is 4.74 Å². The summed E-state index contributed by atoms with van der Waals surface area (Å²) in [4.78, 5) is 26.1. The van der Waals surface area contributed by atoms with Gasteiger partial charge in [-0.3, -0.25) is 9.59 Å². The van der Waals surface area contributed by atoms with Crippen molar-refractivity contribution in [2.45, 2.75) is 44.6 Å². The number of ketones is 1. The standard InChI is InChI=1S/C22H24O3S/c1-13-6-4-5-7-18(13)26-12-16-15-8-10-22(3)11-9-17(23)14(2)19(22)20(15)25-21(16)24/h4-7,9,11,15-16,20H,8,10,12H2,1-3H3/t15-,16-,20-,22-/m0/s1. The SMILES string of the molecule is CC1=C2[C@H]3OC(=O)[C@@H](CSc4ccccc4C)[C@@H]3CC[C@@]2(C)C=CC1=O. The van der Waals surface area contributed by atoms with E-state index in [0.29, 0.717) is 0 Å². The van der Waals surface area contributed by atoms with Gasteiger partial charge in [0, 0.05) is 27.6 Å². The Bertz CT molecular complexity index is 838. The van der Waals surface area contributed by atoms with Crippen LogP contribution >= 0.6 is 11.8 Å². The molecule has 0 unspecified atom stereocenters. The van der Waals surface area contributed by atoms with Gasteiger partial charge in [0.2, 0.25) is 0 Å². The van der Waals surface area contributed by atoms with Gasteiger partial charge < -0.3 is 4.74 Å². The number of thioether (sulfide) groups is 1. The van der Waals surface area contributed by atoms with Gasteiger partial charge in [0.15, 0.2) is 5.78 Å². The summed E-state index contributed by atoms with van der Waals surface area (Å²) in [5.74, 6) is 0.754. The number of aryl methyl sites for hydroxylation is 1. The quantitative estimate of drug-likeness (QED) is 0.582. The lowest BCUT2D eigenvalue weighted by Gasteiger charge is -2.43. The van der Waals surface area contributed by atoms with E-state index >= 15 is 0 Å². The molecule has 1 aromatic carbocycles. The summed E-state index contributed by atoms with van der Waals surface area (Å²) in [5, 5.41) is 0. The van der Waals surface area contributed by atoms with E-state index in [1.165, 1.54) is 10.5 Å². The zero-order valence-corrected chi connectivity index (χ0v) is 16.3. The second-order valence-corrected chi connectivity index (χ2v) is 8.96.